The highest BCUT2D eigenvalue weighted by atomic mass is 32.1. The van der Waals surface area contributed by atoms with E-state index in [1.54, 1.807) is 11.3 Å². The van der Waals surface area contributed by atoms with Gasteiger partial charge in [-0.2, -0.15) is 0 Å². The Balaban J connectivity index is 1.61. The van der Waals surface area contributed by atoms with Crippen molar-refractivity contribution in [2.75, 3.05) is 6.54 Å². The Labute approximate surface area is 146 Å². The van der Waals surface area contributed by atoms with E-state index in [9.17, 15) is 4.79 Å². The van der Waals surface area contributed by atoms with E-state index in [4.69, 9.17) is 10.2 Å². The van der Waals surface area contributed by atoms with Crippen molar-refractivity contribution in [2.45, 2.75) is 51.5 Å². The summed E-state index contributed by atoms with van der Waals surface area (Å²) in [6, 6.07) is 4.00. The van der Waals surface area contributed by atoms with Gasteiger partial charge >= 0.3 is 0 Å². The molecule has 2 aromatic rings. The van der Waals surface area contributed by atoms with Crippen LogP contribution in [-0.2, 0) is 11.2 Å². The van der Waals surface area contributed by atoms with Crippen molar-refractivity contribution in [3.8, 4) is 10.8 Å². The van der Waals surface area contributed by atoms with Crippen LogP contribution >= 0.6 is 11.3 Å². The maximum Gasteiger partial charge on any atom is 0.236 e. The minimum absolute atomic E-state index is 0.0230. The average Bonchev–Trinajstić information content (AvgIpc) is 3.24. The molecule has 24 heavy (non-hydrogen) atoms. The fourth-order valence-corrected chi connectivity index (χ4v) is 4.06. The van der Waals surface area contributed by atoms with E-state index < -0.39 is 0 Å². The van der Waals surface area contributed by atoms with E-state index in [2.05, 4.69) is 10.3 Å². The highest BCUT2D eigenvalue weighted by Gasteiger charge is 2.24. The topological polar surface area (TPSA) is 81.2 Å². The maximum absolute atomic E-state index is 12.4. The first-order valence-corrected chi connectivity index (χ1v) is 9.55. The van der Waals surface area contributed by atoms with Crippen LogP contribution in [0.25, 0.3) is 10.8 Å². The zero-order chi connectivity index (χ0) is 16.9. The number of nitrogens with two attached hydrogens (primary N) is 1. The van der Waals surface area contributed by atoms with Gasteiger partial charge < -0.3 is 15.5 Å². The number of nitrogens with one attached hydrogen (secondary N) is 1. The minimum atomic E-state index is -0.0230. The molecule has 1 aliphatic carbocycles. The number of carbonyl (C=O) groups excluding carboxylic acids is 1. The second kappa shape index (κ2) is 7.94. The molecule has 3 N–H and O–H groups in total. The van der Waals surface area contributed by atoms with Crippen LogP contribution in [0.5, 0.6) is 0 Å². The summed E-state index contributed by atoms with van der Waals surface area (Å²) in [6.07, 6.45) is 6.34. The largest absolute Gasteiger partial charge is 0.440 e. The summed E-state index contributed by atoms with van der Waals surface area (Å²) in [4.78, 5) is 17.9. The Hall–Kier alpha value is -1.66. The first-order chi connectivity index (χ1) is 11.7. The van der Waals surface area contributed by atoms with Gasteiger partial charge in [0.1, 0.15) is 5.76 Å². The summed E-state index contributed by atoms with van der Waals surface area (Å²) in [5, 5.41) is 5.10. The molecule has 0 aliphatic heterocycles. The molecule has 0 radical (unpaired) electrons. The van der Waals surface area contributed by atoms with E-state index >= 15 is 0 Å². The standard InChI is InChI=1S/C18H25N3O2S/c1-12-14(21-18(23-12)16-8-5-9-24-16)10-17(22)20-15(11-19)13-6-3-2-4-7-13/h5,8-9,13,15H,2-4,6-7,10-11,19H2,1H3,(H,20,22). The second-order valence-corrected chi connectivity index (χ2v) is 7.43. The number of hydrogen-bond acceptors (Lipinski definition) is 5. The highest BCUT2D eigenvalue weighted by molar-refractivity contribution is 7.13. The lowest BCUT2D eigenvalue weighted by molar-refractivity contribution is -0.121. The zero-order valence-corrected chi connectivity index (χ0v) is 14.9. The molecule has 2 aromatic heterocycles. The van der Waals surface area contributed by atoms with E-state index in [0.29, 0.717) is 29.8 Å². The first-order valence-electron chi connectivity index (χ1n) is 8.67. The van der Waals surface area contributed by atoms with Crippen molar-refractivity contribution < 1.29 is 9.21 Å². The molecule has 3 rings (SSSR count). The van der Waals surface area contributed by atoms with Gasteiger partial charge in [0, 0.05) is 12.6 Å². The number of amides is 1. The van der Waals surface area contributed by atoms with Gasteiger partial charge in [0.05, 0.1) is 17.0 Å². The molecule has 1 aliphatic rings. The van der Waals surface area contributed by atoms with Crippen LogP contribution in [0.15, 0.2) is 21.9 Å². The SMILES string of the molecule is Cc1oc(-c2cccs2)nc1CC(=O)NC(CN)C1CCCCC1. The number of thiophene rings is 1. The van der Waals surface area contributed by atoms with Crippen LogP contribution in [-0.4, -0.2) is 23.5 Å². The van der Waals surface area contributed by atoms with Crippen LogP contribution in [0, 0.1) is 12.8 Å². The van der Waals surface area contributed by atoms with Gasteiger partial charge in [-0.1, -0.05) is 25.3 Å². The van der Waals surface area contributed by atoms with Crippen LogP contribution in [0.4, 0.5) is 0 Å². The lowest BCUT2D eigenvalue weighted by Gasteiger charge is -2.30. The zero-order valence-electron chi connectivity index (χ0n) is 14.1. The fourth-order valence-electron chi connectivity index (χ4n) is 3.41. The average molecular weight is 347 g/mol. The number of oxazole rings is 1. The summed E-state index contributed by atoms with van der Waals surface area (Å²) in [7, 11) is 0. The number of hydrogen-bond donors (Lipinski definition) is 2. The number of nitrogens with zero attached hydrogens (tertiary/aromatic N) is 1. The third-order valence-electron chi connectivity index (χ3n) is 4.77. The van der Waals surface area contributed by atoms with E-state index in [-0.39, 0.29) is 18.4 Å². The van der Waals surface area contributed by atoms with Crippen LogP contribution in [0.1, 0.15) is 43.6 Å². The third kappa shape index (κ3) is 4.05. The molecule has 0 spiro atoms. The van der Waals surface area contributed by atoms with Gasteiger partial charge in [-0.05, 0) is 37.1 Å². The second-order valence-electron chi connectivity index (χ2n) is 6.48. The van der Waals surface area contributed by atoms with Crippen molar-refractivity contribution in [3.63, 3.8) is 0 Å². The summed E-state index contributed by atoms with van der Waals surface area (Å²) in [5.41, 5.74) is 6.60. The first kappa shape index (κ1) is 17.2. The monoisotopic (exact) mass is 347 g/mol. The van der Waals surface area contributed by atoms with Gasteiger partial charge in [-0.25, -0.2) is 4.98 Å². The Morgan fingerprint density at radius 1 is 1.46 bits per heavy atom. The van der Waals surface area contributed by atoms with Crippen molar-refractivity contribution in [1.29, 1.82) is 0 Å². The summed E-state index contributed by atoms with van der Waals surface area (Å²) in [5.74, 6) is 1.78. The molecule has 1 unspecified atom stereocenters. The molecule has 1 amide bonds. The number of rotatable bonds is 6. The fraction of sp³-hybridized carbons (Fsp3) is 0.556. The van der Waals surface area contributed by atoms with E-state index in [1.807, 2.05) is 24.4 Å². The Bertz CT molecular complexity index is 660. The Kier molecular flexibility index (Phi) is 5.68. The van der Waals surface area contributed by atoms with Gasteiger partial charge in [0.25, 0.3) is 0 Å². The quantitative estimate of drug-likeness (QED) is 0.840. The van der Waals surface area contributed by atoms with Crippen molar-refractivity contribution >= 4 is 17.2 Å². The lowest BCUT2D eigenvalue weighted by atomic mass is 9.84. The Morgan fingerprint density at radius 2 is 2.25 bits per heavy atom. The molecule has 0 aromatic carbocycles. The van der Waals surface area contributed by atoms with Gasteiger partial charge in [-0.15, -0.1) is 11.3 Å². The minimum Gasteiger partial charge on any atom is -0.440 e. The molecular weight excluding hydrogens is 322 g/mol. The number of carbonyl (C=O) groups is 1. The van der Waals surface area contributed by atoms with E-state index in [0.717, 1.165) is 17.7 Å². The molecule has 0 bridgehead atoms. The van der Waals surface area contributed by atoms with Crippen LogP contribution in [0.3, 0.4) is 0 Å². The third-order valence-corrected chi connectivity index (χ3v) is 5.63. The van der Waals surface area contributed by atoms with Crippen molar-refractivity contribution in [2.24, 2.45) is 11.7 Å². The molecule has 0 saturated heterocycles. The van der Waals surface area contributed by atoms with Crippen molar-refractivity contribution in [3.05, 3.63) is 29.0 Å². The molecule has 1 fully saturated rings. The maximum atomic E-state index is 12.4. The lowest BCUT2D eigenvalue weighted by Crippen LogP contribution is -2.46. The molecule has 5 nitrogen and oxygen atoms in total. The number of aromatic nitrogens is 1. The molecular formula is C18H25N3O2S. The summed E-state index contributed by atoms with van der Waals surface area (Å²) >= 11 is 1.58. The van der Waals surface area contributed by atoms with Gasteiger partial charge in [0.2, 0.25) is 11.8 Å². The molecule has 6 heteroatoms. The number of aryl methyl sites for hydroxylation is 1. The molecule has 2 heterocycles. The normalized spacial score (nSPS) is 16.9. The summed E-state index contributed by atoms with van der Waals surface area (Å²) in [6.45, 7) is 2.35. The van der Waals surface area contributed by atoms with E-state index in [1.165, 1.54) is 19.3 Å². The molecule has 1 atom stereocenters. The van der Waals surface area contributed by atoms with Crippen molar-refractivity contribution in [1.82, 2.24) is 10.3 Å². The smallest absolute Gasteiger partial charge is 0.236 e. The molecule has 130 valence electrons. The predicted octanol–water partition coefficient (Wildman–Crippen LogP) is 3.28. The van der Waals surface area contributed by atoms with Gasteiger partial charge in [0.15, 0.2) is 0 Å². The Morgan fingerprint density at radius 3 is 2.92 bits per heavy atom. The summed E-state index contributed by atoms with van der Waals surface area (Å²) < 4.78 is 5.70. The van der Waals surface area contributed by atoms with Crippen LogP contribution in [0.2, 0.25) is 0 Å². The predicted molar refractivity (Wildman–Crippen MR) is 95.8 cm³/mol. The molecule has 1 saturated carbocycles. The van der Waals surface area contributed by atoms with Crippen LogP contribution < -0.4 is 11.1 Å². The highest BCUT2D eigenvalue weighted by Crippen LogP contribution is 2.27. The van der Waals surface area contributed by atoms with Gasteiger partial charge in [-0.3, -0.25) is 4.79 Å².